The summed E-state index contributed by atoms with van der Waals surface area (Å²) in [6.07, 6.45) is 0. The number of carboxylic acids is 2. The number of ether oxygens (including phenoxy) is 3. The molecule has 0 heterocycles. The van der Waals surface area contributed by atoms with E-state index in [2.05, 4.69) is 40.9 Å². The number of carboxylic acid groups (broad SMARTS) is 2. The van der Waals surface area contributed by atoms with Crippen LogP contribution in [0.3, 0.4) is 0 Å². The van der Waals surface area contributed by atoms with Crippen LogP contribution in [0.2, 0.25) is 0 Å². The Kier molecular flexibility index (Phi) is 15.5. The number of azo groups is 4. The number of aromatic carboxylic acids is 2. The molecule has 0 bridgehead atoms. The van der Waals surface area contributed by atoms with Crippen LogP contribution in [-0.4, -0.2) is 66.7 Å². The second kappa shape index (κ2) is 21.3. The molecule has 7 N–H and O–H groups in total. The van der Waals surface area contributed by atoms with E-state index in [1.807, 2.05) is 0 Å². The molecule has 7 rings (SSSR count). The van der Waals surface area contributed by atoms with Crippen molar-refractivity contribution in [3.05, 3.63) is 120 Å². The molecule has 7 aromatic carbocycles. The molecule has 0 saturated carbocycles. The second-order valence-electron chi connectivity index (χ2n) is 14.5. The Hall–Kier alpha value is -8.35. The third kappa shape index (κ3) is 11.0. The Morgan fingerprint density at radius 2 is 1.09 bits per heavy atom. The Bertz CT molecular complexity index is 3480. The molecule has 350 valence electrons. The number of hydrogen-bond acceptors (Lipinski definition) is 19. The summed E-state index contributed by atoms with van der Waals surface area (Å²) in [6, 6.07) is 23.8. The molecular weight excluding hydrogens is 942 g/mol. The fraction of sp³-hybridized carbons (Fsp3) is 0.0870. The number of anilines is 1. The van der Waals surface area contributed by atoms with Crippen LogP contribution in [0.15, 0.2) is 149 Å². The zero-order valence-corrected chi connectivity index (χ0v) is 40.2. The first-order valence-electron chi connectivity index (χ1n) is 19.8. The van der Waals surface area contributed by atoms with Gasteiger partial charge in [-0.25, -0.2) is 9.59 Å². The first-order chi connectivity index (χ1) is 32.9. The Morgan fingerprint density at radius 1 is 0.571 bits per heavy atom. The third-order valence-corrected chi connectivity index (χ3v) is 11.0. The van der Waals surface area contributed by atoms with Crippen LogP contribution in [-0.2, 0) is 10.1 Å². The summed E-state index contributed by atoms with van der Waals surface area (Å²) in [5.41, 5.74) is 7.74. The number of aromatic hydroxyl groups is 2. The molecule has 0 saturated heterocycles. The number of aryl methyl sites for hydroxylation is 1. The van der Waals surface area contributed by atoms with Gasteiger partial charge in [0.25, 0.3) is 10.1 Å². The standard InChI is InChI=1S/C46H37N9O13S.Na/c1-22-15-35(40(68-4)21-34(22)52-49-26-8-14-37(57)30(19-26)46(61)62)53-54-42-28-20-41(69(63,64)65)43(44(58)27(28)9-10-31(42)47)55-51-33-12-6-24(17-39(33)67-3)23-5-11-32(38(16-23)66-2)50-48-25-7-13-36(56)29(18-25)45(59)60;/h5-21,56-58H,47H2,1-4H3,(H,59,60)(H,61,62)(H,63,64,65);/q;+1/p-1. The molecule has 0 aliphatic heterocycles. The van der Waals surface area contributed by atoms with Gasteiger partial charge in [0, 0.05) is 16.8 Å². The zero-order valence-electron chi connectivity index (χ0n) is 37.4. The summed E-state index contributed by atoms with van der Waals surface area (Å²) in [4.78, 5) is 22.0. The van der Waals surface area contributed by atoms with Crippen LogP contribution in [0, 0.1) is 6.92 Å². The molecule has 7 aromatic rings. The minimum Gasteiger partial charge on any atom is -0.872 e. The molecule has 0 unspecified atom stereocenters. The number of phenols is 2. The first-order valence-corrected chi connectivity index (χ1v) is 21.2. The van der Waals surface area contributed by atoms with E-state index in [9.17, 15) is 48.1 Å². The first kappa shape index (κ1) is 51.0. The molecule has 0 amide bonds. The zero-order chi connectivity index (χ0) is 49.7. The van der Waals surface area contributed by atoms with Crippen molar-refractivity contribution in [2.45, 2.75) is 11.8 Å². The van der Waals surface area contributed by atoms with Crippen molar-refractivity contribution in [1.82, 2.24) is 0 Å². The molecular formula is C46H36N9NaO13S. The van der Waals surface area contributed by atoms with Crippen molar-refractivity contribution < 1.29 is 91.9 Å². The van der Waals surface area contributed by atoms with Gasteiger partial charge in [0.2, 0.25) is 0 Å². The van der Waals surface area contributed by atoms with E-state index in [0.717, 1.165) is 24.3 Å². The fourth-order valence-electron chi connectivity index (χ4n) is 6.65. The van der Waals surface area contributed by atoms with Crippen molar-refractivity contribution in [3.63, 3.8) is 0 Å². The summed E-state index contributed by atoms with van der Waals surface area (Å²) in [6.45, 7) is 1.69. The number of methoxy groups -OCH3 is 3. The van der Waals surface area contributed by atoms with Gasteiger partial charge in [-0.15, -0.1) is 25.6 Å². The summed E-state index contributed by atoms with van der Waals surface area (Å²) in [5, 5.41) is 85.0. The van der Waals surface area contributed by atoms with E-state index >= 15 is 0 Å². The molecule has 0 aromatic heterocycles. The SMILES string of the molecule is COc1cc(-c2ccc(N=Nc3c(S(=O)(=O)O)cc4c(N=Nc5cc(C)c(N=Nc6ccc(O)c(C(=O)O)c6)cc5OC)c(N)ccc4c3O)c(OC)c2)ccc1N=Nc1ccc([O-])c(C(=O)O)c1.[Na+]. The van der Waals surface area contributed by atoms with Gasteiger partial charge in [-0.1, -0.05) is 23.9 Å². The molecule has 24 heteroatoms. The number of nitrogens with two attached hydrogens (primary N) is 1. The van der Waals surface area contributed by atoms with Crippen LogP contribution in [0.25, 0.3) is 21.9 Å². The van der Waals surface area contributed by atoms with Crippen molar-refractivity contribution >= 4 is 84.0 Å². The normalized spacial score (nSPS) is 11.7. The van der Waals surface area contributed by atoms with E-state index in [4.69, 9.17) is 19.9 Å². The molecule has 0 spiro atoms. The van der Waals surface area contributed by atoms with Gasteiger partial charge in [0.15, 0.2) is 5.75 Å². The van der Waals surface area contributed by atoms with E-state index in [1.165, 1.54) is 63.8 Å². The van der Waals surface area contributed by atoms with Crippen molar-refractivity contribution in [1.29, 1.82) is 0 Å². The van der Waals surface area contributed by atoms with Gasteiger partial charge in [-0.2, -0.15) is 23.8 Å². The van der Waals surface area contributed by atoms with Gasteiger partial charge >= 0.3 is 41.5 Å². The van der Waals surface area contributed by atoms with E-state index in [1.54, 1.807) is 43.3 Å². The quantitative estimate of drug-likeness (QED) is 0.0244. The van der Waals surface area contributed by atoms with Gasteiger partial charge in [0.05, 0.1) is 49.6 Å². The van der Waals surface area contributed by atoms with Crippen LogP contribution < -0.4 is 54.6 Å². The monoisotopic (exact) mass is 977 g/mol. The number of carbonyl (C=O) groups is 2. The number of rotatable bonds is 15. The predicted molar refractivity (Wildman–Crippen MR) is 247 cm³/mol. The average molecular weight is 978 g/mol. The van der Waals surface area contributed by atoms with Crippen LogP contribution >= 0.6 is 0 Å². The number of benzene rings is 7. The Balaban J connectivity index is 0.00000804. The van der Waals surface area contributed by atoms with Gasteiger partial charge < -0.3 is 45.5 Å². The smallest absolute Gasteiger partial charge is 0.872 e. The minimum atomic E-state index is -5.10. The predicted octanol–water partition coefficient (Wildman–Crippen LogP) is 8.22. The maximum atomic E-state index is 12.9. The van der Waals surface area contributed by atoms with E-state index in [-0.39, 0.29) is 91.5 Å². The number of nitrogen functional groups attached to an aromatic ring is 1. The van der Waals surface area contributed by atoms with Crippen LogP contribution in [0.4, 0.5) is 51.2 Å². The summed E-state index contributed by atoms with van der Waals surface area (Å²) in [5.74, 6) is -3.90. The number of hydrogen-bond donors (Lipinski definition) is 6. The summed E-state index contributed by atoms with van der Waals surface area (Å²) in [7, 11) is -0.956. The van der Waals surface area contributed by atoms with Crippen molar-refractivity contribution in [3.8, 4) is 45.6 Å². The van der Waals surface area contributed by atoms with Crippen LogP contribution in [0.5, 0.6) is 34.5 Å². The van der Waals surface area contributed by atoms with Gasteiger partial charge in [-0.3, -0.25) is 4.55 Å². The maximum absolute atomic E-state index is 12.9. The molecule has 0 radical (unpaired) electrons. The number of phenolic OH excluding ortho intramolecular Hbond substituents is 1. The molecule has 0 aliphatic rings. The third-order valence-electron chi connectivity index (χ3n) is 10.2. The molecule has 0 aliphatic carbocycles. The fourth-order valence-corrected chi connectivity index (χ4v) is 7.30. The molecule has 70 heavy (non-hydrogen) atoms. The number of nitrogens with zero attached hydrogens (tertiary/aromatic N) is 8. The summed E-state index contributed by atoms with van der Waals surface area (Å²) >= 11 is 0. The Morgan fingerprint density at radius 3 is 1.66 bits per heavy atom. The molecule has 22 nitrogen and oxygen atoms in total. The van der Waals surface area contributed by atoms with Crippen LogP contribution in [0.1, 0.15) is 26.3 Å². The average Bonchev–Trinajstić information content (AvgIpc) is 3.32. The van der Waals surface area contributed by atoms with Gasteiger partial charge in [0.1, 0.15) is 61.9 Å². The Labute approximate surface area is 418 Å². The second-order valence-corrected chi connectivity index (χ2v) is 15.9. The summed E-state index contributed by atoms with van der Waals surface area (Å²) < 4.78 is 52.7. The largest absolute Gasteiger partial charge is 1.00 e. The molecule has 0 atom stereocenters. The minimum absolute atomic E-state index is 0. The van der Waals surface area contributed by atoms with Crippen molar-refractivity contribution in [2.75, 3.05) is 27.1 Å². The maximum Gasteiger partial charge on any atom is 1.00 e. The van der Waals surface area contributed by atoms with Crippen molar-refractivity contribution in [2.24, 2.45) is 40.9 Å². The van der Waals surface area contributed by atoms with E-state index < -0.39 is 55.5 Å². The number of fused-ring (bicyclic) bond motifs is 1. The van der Waals surface area contributed by atoms with E-state index in [0.29, 0.717) is 33.8 Å². The molecule has 0 fully saturated rings. The van der Waals surface area contributed by atoms with Gasteiger partial charge in [-0.05, 0) is 102 Å². The topological polar surface area (TPSA) is 345 Å².